The van der Waals surface area contributed by atoms with E-state index in [1.54, 1.807) is 16.8 Å². The monoisotopic (exact) mass is 398 g/mol. The maximum atomic E-state index is 14.5. The molecule has 0 bridgehead atoms. The van der Waals surface area contributed by atoms with Crippen LogP contribution in [-0.2, 0) is 13.0 Å². The van der Waals surface area contributed by atoms with Gasteiger partial charge in [-0.25, -0.2) is 13.9 Å². The Morgan fingerprint density at radius 2 is 2.07 bits per heavy atom. The standard InChI is InChI=1S/C21H27FN6O/c1-2-3-10-29-21-25-19(23)20-24-13-17(28(20)26-21)12-16-11-15(6-7-18(16)22)14-27-8-4-5-9-27/h6-7,11,13H,2-5,8-10,12,14H2,1H3,(H2,23,25,26). The predicted molar refractivity (Wildman–Crippen MR) is 109 cm³/mol. The lowest BCUT2D eigenvalue weighted by Gasteiger charge is -2.15. The van der Waals surface area contributed by atoms with Gasteiger partial charge in [0.25, 0.3) is 0 Å². The summed E-state index contributed by atoms with van der Waals surface area (Å²) < 4.78 is 21.7. The third kappa shape index (κ3) is 4.48. The molecular weight excluding hydrogens is 371 g/mol. The van der Waals surface area contributed by atoms with E-state index in [0.717, 1.165) is 43.7 Å². The summed E-state index contributed by atoms with van der Waals surface area (Å²) >= 11 is 0. The molecule has 0 aliphatic carbocycles. The van der Waals surface area contributed by atoms with Crippen LogP contribution in [0.4, 0.5) is 10.2 Å². The molecule has 7 nitrogen and oxygen atoms in total. The van der Waals surface area contributed by atoms with E-state index in [4.69, 9.17) is 10.5 Å². The lowest BCUT2D eigenvalue weighted by molar-refractivity contribution is 0.280. The van der Waals surface area contributed by atoms with Gasteiger partial charge in [-0.05, 0) is 49.5 Å². The first-order valence-corrected chi connectivity index (χ1v) is 10.3. The molecule has 0 spiro atoms. The summed E-state index contributed by atoms with van der Waals surface area (Å²) in [4.78, 5) is 10.9. The van der Waals surface area contributed by atoms with Crippen molar-refractivity contribution in [1.82, 2.24) is 24.5 Å². The largest absolute Gasteiger partial charge is 0.462 e. The van der Waals surface area contributed by atoms with E-state index < -0.39 is 0 Å². The van der Waals surface area contributed by atoms with Gasteiger partial charge in [0, 0.05) is 13.0 Å². The highest BCUT2D eigenvalue weighted by molar-refractivity contribution is 5.59. The van der Waals surface area contributed by atoms with Gasteiger partial charge in [0.2, 0.25) is 0 Å². The number of nitrogens with two attached hydrogens (primary N) is 1. The third-order valence-electron chi connectivity index (χ3n) is 5.25. The summed E-state index contributed by atoms with van der Waals surface area (Å²) in [6, 6.07) is 5.57. The van der Waals surface area contributed by atoms with Crippen molar-refractivity contribution in [3.8, 4) is 6.01 Å². The maximum absolute atomic E-state index is 14.5. The van der Waals surface area contributed by atoms with E-state index in [1.165, 1.54) is 12.8 Å². The first-order chi connectivity index (χ1) is 14.1. The van der Waals surface area contributed by atoms with Crippen LogP contribution in [0.2, 0.25) is 0 Å². The topological polar surface area (TPSA) is 81.6 Å². The summed E-state index contributed by atoms with van der Waals surface area (Å²) in [5.41, 5.74) is 8.96. The molecule has 3 heterocycles. The average Bonchev–Trinajstić information content (AvgIpc) is 3.35. The van der Waals surface area contributed by atoms with Crippen molar-refractivity contribution < 1.29 is 9.13 Å². The quantitative estimate of drug-likeness (QED) is 0.587. The van der Waals surface area contributed by atoms with Crippen molar-refractivity contribution in [3.05, 3.63) is 47.0 Å². The molecule has 0 saturated carbocycles. The molecule has 8 heteroatoms. The number of anilines is 1. The molecule has 29 heavy (non-hydrogen) atoms. The van der Waals surface area contributed by atoms with Crippen molar-refractivity contribution in [3.63, 3.8) is 0 Å². The number of hydrogen-bond acceptors (Lipinski definition) is 6. The van der Waals surface area contributed by atoms with Crippen LogP contribution in [0.3, 0.4) is 0 Å². The van der Waals surface area contributed by atoms with Crippen LogP contribution in [0.5, 0.6) is 6.01 Å². The Balaban J connectivity index is 1.58. The molecule has 4 rings (SSSR count). The van der Waals surface area contributed by atoms with Gasteiger partial charge in [-0.15, -0.1) is 5.10 Å². The molecule has 1 aromatic carbocycles. The molecule has 1 fully saturated rings. The van der Waals surface area contributed by atoms with Gasteiger partial charge in [0.05, 0.1) is 18.5 Å². The van der Waals surface area contributed by atoms with Gasteiger partial charge in [0.15, 0.2) is 11.5 Å². The molecule has 3 aromatic rings. The summed E-state index contributed by atoms with van der Waals surface area (Å²) in [5.74, 6) is 0.0209. The molecule has 1 saturated heterocycles. The molecule has 1 aliphatic heterocycles. The number of halogens is 1. The minimum absolute atomic E-state index is 0.214. The van der Waals surface area contributed by atoms with Crippen molar-refractivity contribution >= 4 is 11.5 Å². The summed E-state index contributed by atoms with van der Waals surface area (Å²) in [6.45, 7) is 5.68. The SMILES string of the molecule is CCCCOc1nc(N)c2ncc(Cc3cc(CN4CCCC4)ccc3F)n2n1. The number of ether oxygens (including phenoxy) is 1. The van der Waals surface area contributed by atoms with Crippen LogP contribution >= 0.6 is 0 Å². The Morgan fingerprint density at radius 1 is 1.24 bits per heavy atom. The average molecular weight is 398 g/mol. The third-order valence-corrected chi connectivity index (χ3v) is 5.25. The zero-order valence-electron chi connectivity index (χ0n) is 16.8. The van der Waals surface area contributed by atoms with Crippen molar-refractivity contribution in [2.45, 2.75) is 45.6 Å². The van der Waals surface area contributed by atoms with Crippen LogP contribution in [0, 0.1) is 5.82 Å². The highest BCUT2D eigenvalue weighted by atomic mass is 19.1. The van der Waals surface area contributed by atoms with Crippen molar-refractivity contribution in [2.24, 2.45) is 0 Å². The minimum Gasteiger partial charge on any atom is -0.462 e. The number of rotatable bonds is 8. The van der Waals surface area contributed by atoms with Gasteiger partial charge >= 0.3 is 6.01 Å². The van der Waals surface area contributed by atoms with E-state index >= 15 is 0 Å². The number of fused-ring (bicyclic) bond motifs is 1. The smallest absolute Gasteiger partial charge is 0.336 e. The van der Waals surface area contributed by atoms with Gasteiger partial charge in [-0.2, -0.15) is 4.98 Å². The van der Waals surface area contributed by atoms with E-state index in [2.05, 4.69) is 26.9 Å². The van der Waals surface area contributed by atoms with E-state index in [0.29, 0.717) is 24.2 Å². The Morgan fingerprint density at radius 3 is 2.86 bits per heavy atom. The Bertz CT molecular complexity index is 983. The molecule has 0 amide bonds. The Kier molecular flexibility index (Phi) is 5.89. The second-order valence-corrected chi connectivity index (χ2v) is 7.55. The summed E-state index contributed by atoms with van der Waals surface area (Å²) in [5, 5.41) is 4.41. The van der Waals surface area contributed by atoms with E-state index in [1.807, 2.05) is 12.1 Å². The lowest BCUT2D eigenvalue weighted by Crippen LogP contribution is -2.18. The number of likely N-dealkylation sites (tertiary alicyclic amines) is 1. The zero-order valence-corrected chi connectivity index (χ0v) is 16.8. The second-order valence-electron chi connectivity index (χ2n) is 7.55. The van der Waals surface area contributed by atoms with Crippen LogP contribution in [-0.4, -0.2) is 44.2 Å². The highest BCUT2D eigenvalue weighted by Gasteiger charge is 2.16. The zero-order chi connectivity index (χ0) is 20.2. The molecule has 2 N–H and O–H groups in total. The second kappa shape index (κ2) is 8.73. The van der Waals surface area contributed by atoms with E-state index in [9.17, 15) is 4.39 Å². The number of hydrogen-bond donors (Lipinski definition) is 1. The fraction of sp³-hybridized carbons (Fsp3) is 0.476. The molecular formula is C21H27FN6O. The number of benzene rings is 1. The van der Waals surface area contributed by atoms with Crippen molar-refractivity contribution in [1.29, 1.82) is 0 Å². The van der Waals surface area contributed by atoms with Crippen LogP contribution in [0.1, 0.15) is 49.4 Å². The Labute approximate surface area is 169 Å². The van der Waals surface area contributed by atoms with Crippen LogP contribution in [0.25, 0.3) is 5.65 Å². The molecule has 0 atom stereocenters. The normalized spacial score (nSPS) is 14.7. The summed E-state index contributed by atoms with van der Waals surface area (Å²) in [7, 11) is 0. The molecule has 1 aliphatic rings. The van der Waals surface area contributed by atoms with Gasteiger partial charge in [0.1, 0.15) is 5.82 Å². The maximum Gasteiger partial charge on any atom is 0.336 e. The number of nitrogens with zero attached hydrogens (tertiary/aromatic N) is 5. The number of nitrogen functional groups attached to an aromatic ring is 1. The molecule has 2 aromatic heterocycles. The first-order valence-electron chi connectivity index (χ1n) is 10.3. The number of unbranched alkanes of at least 4 members (excludes halogenated alkanes) is 1. The fourth-order valence-corrected chi connectivity index (χ4v) is 3.67. The first kappa shape index (κ1) is 19.6. The lowest BCUT2D eigenvalue weighted by atomic mass is 10.1. The number of imidazole rings is 1. The predicted octanol–water partition coefficient (Wildman–Crippen LogP) is 3.21. The van der Waals surface area contributed by atoms with Crippen LogP contribution < -0.4 is 10.5 Å². The summed E-state index contributed by atoms with van der Waals surface area (Å²) in [6.07, 6.45) is 6.43. The van der Waals surface area contributed by atoms with Crippen LogP contribution in [0.15, 0.2) is 24.4 Å². The molecule has 0 radical (unpaired) electrons. The molecule has 154 valence electrons. The van der Waals surface area contributed by atoms with Crippen molar-refractivity contribution in [2.75, 3.05) is 25.4 Å². The van der Waals surface area contributed by atoms with Gasteiger partial charge < -0.3 is 10.5 Å². The Hall–Kier alpha value is -2.74. The fourth-order valence-electron chi connectivity index (χ4n) is 3.67. The van der Waals surface area contributed by atoms with Gasteiger partial charge in [-0.3, -0.25) is 4.90 Å². The van der Waals surface area contributed by atoms with Gasteiger partial charge in [-0.1, -0.05) is 25.5 Å². The highest BCUT2D eigenvalue weighted by Crippen LogP contribution is 2.21. The number of aromatic nitrogens is 4. The van der Waals surface area contributed by atoms with E-state index in [-0.39, 0.29) is 17.6 Å². The minimum atomic E-state index is -0.230. The molecule has 0 unspecified atom stereocenters.